The second-order valence-corrected chi connectivity index (χ2v) is 3.91. The fourth-order valence-corrected chi connectivity index (χ4v) is 1.63. The number of oxime groups is 1. The Morgan fingerprint density at radius 3 is 2.81 bits per heavy atom. The summed E-state index contributed by atoms with van der Waals surface area (Å²) in [6.07, 6.45) is 0.324. The summed E-state index contributed by atoms with van der Waals surface area (Å²) in [6, 6.07) is 7.46. The van der Waals surface area contributed by atoms with Crippen LogP contribution in [0, 0.1) is 6.92 Å². The van der Waals surface area contributed by atoms with Gasteiger partial charge in [-0.2, -0.15) is 0 Å². The Kier molecular flexibility index (Phi) is 2.90. The quantitative estimate of drug-likeness (QED) is 0.823. The maximum atomic E-state index is 11.9. The molecule has 1 atom stereocenters. The molecule has 0 saturated carbocycles. The molecule has 4 nitrogen and oxygen atoms in total. The third kappa shape index (κ3) is 2.21. The highest BCUT2D eigenvalue weighted by Gasteiger charge is 2.21. The molecule has 1 aliphatic rings. The van der Waals surface area contributed by atoms with Crippen LogP contribution in [-0.4, -0.2) is 17.8 Å². The molecule has 1 heterocycles. The molecule has 0 fully saturated rings. The van der Waals surface area contributed by atoms with Crippen LogP contribution in [-0.2, 0) is 4.84 Å². The molecule has 0 radical (unpaired) electrons. The van der Waals surface area contributed by atoms with Crippen LogP contribution in [0.15, 0.2) is 29.4 Å². The lowest BCUT2D eigenvalue weighted by Crippen LogP contribution is -2.35. The zero-order valence-electron chi connectivity index (χ0n) is 9.36. The van der Waals surface area contributed by atoms with Gasteiger partial charge in [0.05, 0.1) is 5.71 Å². The average Bonchev–Trinajstić information content (AvgIpc) is 2.64. The largest absolute Gasteiger partial charge is 0.370 e. The number of hydrogen-bond donors (Lipinski definition) is 1. The molecule has 0 saturated heterocycles. The van der Waals surface area contributed by atoms with Crippen molar-refractivity contribution in [1.29, 1.82) is 0 Å². The minimum absolute atomic E-state index is 0.118. The number of nitrogens with one attached hydrogen (secondary N) is 1. The molecule has 1 N–H and O–H groups in total. The maximum absolute atomic E-state index is 11.9. The maximum Gasteiger partial charge on any atom is 0.254 e. The highest BCUT2D eigenvalue weighted by molar-refractivity contribution is 5.96. The Morgan fingerprint density at radius 1 is 1.44 bits per heavy atom. The van der Waals surface area contributed by atoms with Crippen LogP contribution in [0.4, 0.5) is 0 Å². The summed E-state index contributed by atoms with van der Waals surface area (Å²) in [5, 5.41) is 6.58. The van der Waals surface area contributed by atoms with E-state index in [4.69, 9.17) is 4.84 Å². The number of benzene rings is 1. The summed E-state index contributed by atoms with van der Waals surface area (Å²) in [6.45, 7) is 3.78. The molecule has 4 heteroatoms. The Hall–Kier alpha value is -1.84. The van der Waals surface area contributed by atoms with E-state index in [1.807, 2.05) is 32.0 Å². The zero-order valence-corrected chi connectivity index (χ0v) is 9.36. The minimum Gasteiger partial charge on any atom is -0.370 e. The lowest BCUT2D eigenvalue weighted by atomic mass is 10.1. The van der Waals surface area contributed by atoms with E-state index in [0.29, 0.717) is 12.0 Å². The van der Waals surface area contributed by atoms with Crippen LogP contribution in [0.5, 0.6) is 0 Å². The molecule has 84 valence electrons. The Morgan fingerprint density at radius 2 is 2.19 bits per heavy atom. The number of carbonyl (C=O) groups excluding carboxylic acids is 1. The molecule has 0 aliphatic carbocycles. The Balaban J connectivity index is 2.02. The second-order valence-electron chi connectivity index (χ2n) is 3.91. The number of nitrogens with zero attached hydrogens (tertiary/aromatic N) is 1. The molecule has 0 spiro atoms. The van der Waals surface area contributed by atoms with Gasteiger partial charge in [0.25, 0.3) is 5.91 Å². The fraction of sp³-hybridized carbons (Fsp3) is 0.333. The Labute approximate surface area is 94.3 Å². The number of carbonyl (C=O) groups is 1. The first-order valence-corrected chi connectivity index (χ1v) is 5.22. The molecule has 1 aliphatic heterocycles. The van der Waals surface area contributed by atoms with Gasteiger partial charge in [0.15, 0.2) is 0 Å². The van der Waals surface area contributed by atoms with Crippen LogP contribution in [0.25, 0.3) is 0 Å². The average molecular weight is 218 g/mol. The summed E-state index contributed by atoms with van der Waals surface area (Å²) in [7, 11) is 0. The van der Waals surface area contributed by atoms with Crippen molar-refractivity contribution in [2.75, 3.05) is 0 Å². The third-order valence-electron chi connectivity index (χ3n) is 2.50. The van der Waals surface area contributed by atoms with Crippen LogP contribution < -0.4 is 5.32 Å². The van der Waals surface area contributed by atoms with Gasteiger partial charge in [0.2, 0.25) is 6.23 Å². The highest BCUT2D eigenvalue weighted by atomic mass is 16.7. The van der Waals surface area contributed by atoms with Gasteiger partial charge in [-0.15, -0.1) is 0 Å². The van der Waals surface area contributed by atoms with Gasteiger partial charge in [0, 0.05) is 12.0 Å². The molecule has 16 heavy (non-hydrogen) atoms. The van der Waals surface area contributed by atoms with E-state index in [0.717, 1.165) is 11.3 Å². The second kappa shape index (κ2) is 4.35. The van der Waals surface area contributed by atoms with E-state index < -0.39 is 0 Å². The van der Waals surface area contributed by atoms with E-state index in [9.17, 15) is 4.79 Å². The van der Waals surface area contributed by atoms with Crippen molar-refractivity contribution >= 4 is 11.6 Å². The zero-order chi connectivity index (χ0) is 11.5. The van der Waals surface area contributed by atoms with Crippen molar-refractivity contribution < 1.29 is 9.63 Å². The molecule has 1 unspecified atom stereocenters. The van der Waals surface area contributed by atoms with Crippen molar-refractivity contribution in [3.8, 4) is 0 Å². The molecule has 0 bridgehead atoms. The van der Waals surface area contributed by atoms with Crippen LogP contribution in [0.2, 0.25) is 0 Å². The first kappa shape index (κ1) is 10.7. The van der Waals surface area contributed by atoms with Crippen molar-refractivity contribution in [2.45, 2.75) is 26.5 Å². The summed E-state index contributed by atoms with van der Waals surface area (Å²) < 4.78 is 0. The van der Waals surface area contributed by atoms with Crippen LogP contribution in [0.1, 0.15) is 29.3 Å². The minimum atomic E-state index is -0.327. The number of aryl methyl sites for hydroxylation is 1. The molecular weight excluding hydrogens is 204 g/mol. The van der Waals surface area contributed by atoms with Crippen molar-refractivity contribution in [3.05, 3.63) is 35.4 Å². The standard InChI is InChI=1S/C12H14N2O2/c1-8-5-3-4-6-10(8)12(15)13-11-7-9(2)14-16-11/h3-6,11H,7H2,1-2H3,(H,13,15). The number of hydrogen-bond acceptors (Lipinski definition) is 3. The molecule has 2 rings (SSSR count). The van der Waals surface area contributed by atoms with E-state index in [2.05, 4.69) is 10.5 Å². The number of rotatable bonds is 2. The van der Waals surface area contributed by atoms with Gasteiger partial charge >= 0.3 is 0 Å². The molecule has 0 aromatic heterocycles. The number of amides is 1. The summed E-state index contributed by atoms with van der Waals surface area (Å²) in [5.74, 6) is -0.118. The van der Waals surface area contributed by atoms with Crippen molar-refractivity contribution in [1.82, 2.24) is 5.32 Å². The van der Waals surface area contributed by atoms with Gasteiger partial charge in [-0.1, -0.05) is 23.4 Å². The van der Waals surface area contributed by atoms with Crippen molar-refractivity contribution in [3.63, 3.8) is 0 Å². The summed E-state index contributed by atoms with van der Waals surface area (Å²) >= 11 is 0. The predicted octanol–water partition coefficient (Wildman–Crippen LogP) is 1.85. The van der Waals surface area contributed by atoms with Gasteiger partial charge in [-0.3, -0.25) is 4.79 Å². The van der Waals surface area contributed by atoms with E-state index in [-0.39, 0.29) is 12.1 Å². The first-order chi connectivity index (χ1) is 7.66. The van der Waals surface area contributed by atoms with Crippen LogP contribution >= 0.6 is 0 Å². The topological polar surface area (TPSA) is 50.7 Å². The fourth-order valence-electron chi connectivity index (χ4n) is 1.63. The van der Waals surface area contributed by atoms with Gasteiger partial charge in [-0.25, -0.2) is 0 Å². The van der Waals surface area contributed by atoms with Gasteiger partial charge in [0.1, 0.15) is 0 Å². The highest BCUT2D eigenvalue weighted by Crippen LogP contribution is 2.11. The third-order valence-corrected chi connectivity index (χ3v) is 2.50. The SMILES string of the molecule is CC1=NOC(NC(=O)c2ccccc2C)C1. The van der Waals surface area contributed by atoms with Gasteiger partial charge < -0.3 is 10.2 Å². The first-order valence-electron chi connectivity index (χ1n) is 5.22. The van der Waals surface area contributed by atoms with E-state index in [1.54, 1.807) is 6.07 Å². The smallest absolute Gasteiger partial charge is 0.254 e. The predicted molar refractivity (Wildman–Crippen MR) is 61.2 cm³/mol. The van der Waals surface area contributed by atoms with Gasteiger partial charge in [-0.05, 0) is 25.5 Å². The van der Waals surface area contributed by atoms with Crippen molar-refractivity contribution in [2.24, 2.45) is 5.16 Å². The lowest BCUT2D eigenvalue weighted by Gasteiger charge is -2.11. The lowest BCUT2D eigenvalue weighted by molar-refractivity contribution is 0.0502. The normalized spacial score (nSPS) is 18.9. The van der Waals surface area contributed by atoms with E-state index in [1.165, 1.54) is 0 Å². The summed E-state index contributed by atoms with van der Waals surface area (Å²) in [5.41, 5.74) is 2.53. The van der Waals surface area contributed by atoms with E-state index >= 15 is 0 Å². The van der Waals surface area contributed by atoms with Crippen LogP contribution in [0.3, 0.4) is 0 Å². The Bertz CT molecular complexity index is 440. The molecule has 1 aromatic rings. The summed E-state index contributed by atoms with van der Waals surface area (Å²) in [4.78, 5) is 16.9. The molecular formula is C12H14N2O2. The monoisotopic (exact) mass is 218 g/mol. The molecule has 1 amide bonds. The molecule has 1 aromatic carbocycles.